The highest BCUT2D eigenvalue weighted by atomic mass is 35.5. The van der Waals surface area contributed by atoms with Gasteiger partial charge in [-0.05, 0) is 23.6 Å². The lowest BCUT2D eigenvalue weighted by Gasteiger charge is -2.09. The summed E-state index contributed by atoms with van der Waals surface area (Å²) in [7, 11) is 0. The van der Waals surface area contributed by atoms with E-state index in [9.17, 15) is 9.59 Å². The Balaban J connectivity index is 1.75. The number of hydrogen-bond donors (Lipinski definition) is 2. The van der Waals surface area contributed by atoms with Crippen molar-refractivity contribution in [2.45, 2.75) is 6.54 Å². The normalized spacial score (nSPS) is 10.1. The van der Waals surface area contributed by atoms with Gasteiger partial charge in [0.05, 0.1) is 11.6 Å². The minimum Gasteiger partial charge on any atom is -0.482 e. The molecular formula is C14H12Cl2N2O3S. The molecule has 0 atom stereocenters. The topological polar surface area (TPSA) is 67.4 Å². The van der Waals surface area contributed by atoms with Crippen molar-refractivity contribution in [2.75, 3.05) is 6.61 Å². The Hall–Kier alpha value is -1.76. The van der Waals surface area contributed by atoms with Gasteiger partial charge in [0.15, 0.2) is 6.61 Å². The highest BCUT2D eigenvalue weighted by Crippen LogP contribution is 2.27. The Morgan fingerprint density at radius 1 is 1.23 bits per heavy atom. The number of benzene rings is 1. The average molecular weight is 359 g/mol. The molecule has 0 unspecified atom stereocenters. The lowest BCUT2D eigenvalue weighted by atomic mass is 10.3. The Labute approximate surface area is 141 Å². The van der Waals surface area contributed by atoms with Gasteiger partial charge in [-0.15, -0.1) is 11.3 Å². The van der Waals surface area contributed by atoms with Crippen LogP contribution >= 0.6 is 34.5 Å². The molecule has 0 aliphatic heterocycles. The molecule has 1 aromatic carbocycles. The summed E-state index contributed by atoms with van der Waals surface area (Å²) in [5.41, 5.74) is 0. The van der Waals surface area contributed by atoms with Crippen LogP contribution in [0, 0.1) is 0 Å². The zero-order valence-electron chi connectivity index (χ0n) is 11.3. The van der Waals surface area contributed by atoms with E-state index in [-0.39, 0.29) is 12.4 Å². The number of imide groups is 1. The van der Waals surface area contributed by atoms with Crippen molar-refractivity contribution < 1.29 is 14.3 Å². The molecule has 1 aromatic heterocycles. The smallest absolute Gasteiger partial charge is 0.321 e. The van der Waals surface area contributed by atoms with Crippen LogP contribution in [0.3, 0.4) is 0 Å². The molecule has 8 heteroatoms. The predicted molar refractivity (Wildman–Crippen MR) is 86.7 cm³/mol. The molecule has 0 radical (unpaired) electrons. The number of urea groups is 1. The van der Waals surface area contributed by atoms with Crippen LogP contribution in [-0.2, 0) is 11.3 Å². The number of hydrogen-bond acceptors (Lipinski definition) is 4. The second kappa shape index (κ2) is 8.03. The Kier molecular flexibility index (Phi) is 6.06. The first-order valence-corrected chi connectivity index (χ1v) is 7.86. The Morgan fingerprint density at radius 2 is 2.05 bits per heavy atom. The quantitative estimate of drug-likeness (QED) is 0.859. The first-order chi connectivity index (χ1) is 10.5. The molecule has 0 fully saturated rings. The van der Waals surface area contributed by atoms with E-state index in [2.05, 4.69) is 10.6 Å². The van der Waals surface area contributed by atoms with Crippen molar-refractivity contribution in [1.82, 2.24) is 10.6 Å². The largest absolute Gasteiger partial charge is 0.482 e. The van der Waals surface area contributed by atoms with Crippen LogP contribution in [0.1, 0.15) is 4.88 Å². The molecular weight excluding hydrogens is 347 g/mol. The Morgan fingerprint density at radius 3 is 2.77 bits per heavy atom. The van der Waals surface area contributed by atoms with Gasteiger partial charge in [0.25, 0.3) is 5.91 Å². The molecule has 1 heterocycles. The molecule has 0 aliphatic rings. The van der Waals surface area contributed by atoms with Crippen LogP contribution in [0.5, 0.6) is 5.75 Å². The second-order valence-electron chi connectivity index (χ2n) is 4.17. The van der Waals surface area contributed by atoms with E-state index in [1.165, 1.54) is 17.4 Å². The number of nitrogens with one attached hydrogen (secondary N) is 2. The number of halogens is 2. The number of ether oxygens (including phenoxy) is 1. The number of carbonyl (C=O) groups excluding carboxylic acids is 2. The lowest BCUT2D eigenvalue weighted by molar-refractivity contribution is -0.122. The van der Waals surface area contributed by atoms with Gasteiger partial charge in [-0.3, -0.25) is 10.1 Å². The summed E-state index contributed by atoms with van der Waals surface area (Å²) in [4.78, 5) is 24.1. The van der Waals surface area contributed by atoms with Gasteiger partial charge in [-0.2, -0.15) is 0 Å². The summed E-state index contributed by atoms with van der Waals surface area (Å²) in [5, 5.41) is 7.41. The highest BCUT2D eigenvalue weighted by Gasteiger charge is 2.10. The fourth-order valence-corrected chi connectivity index (χ4v) is 2.50. The molecule has 0 saturated carbocycles. The maximum absolute atomic E-state index is 11.6. The third-order valence-electron chi connectivity index (χ3n) is 2.51. The molecule has 22 heavy (non-hydrogen) atoms. The minimum absolute atomic E-state index is 0.281. The van der Waals surface area contributed by atoms with Crippen molar-refractivity contribution in [3.05, 3.63) is 50.6 Å². The molecule has 5 nitrogen and oxygen atoms in total. The molecule has 0 saturated heterocycles. The molecule has 0 bridgehead atoms. The van der Waals surface area contributed by atoms with E-state index in [1.54, 1.807) is 12.1 Å². The standard InChI is InChI=1S/C14H12Cl2N2O3S/c15-9-3-4-11(16)12(6-9)21-8-13(19)18-14(20)17-7-10-2-1-5-22-10/h1-6H,7-8H2,(H2,17,18,19,20). The number of thiophene rings is 1. The zero-order valence-corrected chi connectivity index (χ0v) is 13.6. The van der Waals surface area contributed by atoms with Crippen LogP contribution in [0.4, 0.5) is 4.79 Å². The second-order valence-corrected chi connectivity index (χ2v) is 6.05. The van der Waals surface area contributed by atoms with Crippen LogP contribution in [0.15, 0.2) is 35.7 Å². The fourth-order valence-electron chi connectivity index (χ4n) is 1.52. The fraction of sp³-hybridized carbons (Fsp3) is 0.143. The van der Waals surface area contributed by atoms with Crippen molar-refractivity contribution in [3.63, 3.8) is 0 Å². The highest BCUT2D eigenvalue weighted by molar-refractivity contribution is 7.09. The summed E-state index contributed by atoms with van der Waals surface area (Å²) in [6, 6.07) is 7.84. The third kappa shape index (κ3) is 5.22. The first-order valence-electron chi connectivity index (χ1n) is 6.22. The van der Waals surface area contributed by atoms with Crippen LogP contribution in [-0.4, -0.2) is 18.5 Å². The Bertz CT molecular complexity index is 662. The predicted octanol–water partition coefficient (Wildman–Crippen LogP) is 3.46. The van der Waals surface area contributed by atoms with Gasteiger partial charge in [-0.25, -0.2) is 4.79 Å². The zero-order chi connectivity index (χ0) is 15.9. The first kappa shape index (κ1) is 16.6. The van der Waals surface area contributed by atoms with E-state index in [0.717, 1.165) is 4.88 Å². The van der Waals surface area contributed by atoms with Crippen LogP contribution in [0.25, 0.3) is 0 Å². The summed E-state index contributed by atoms with van der Waals surface area (Å²) in [5.74, 6) is -0.303. The van der Waals surface area contributed by atoms with E-state index in [4.69, 9.17) is 27.9 Å². The molecule has 2 rings (SSSR count). The third-order valence-corrected chi connectivity index (χ3v) is 3.93. The van der Waals surface area contributed by atoms with Crippen LogP contribution < -0.4 is 15.4 Å². The minimum atomic E-state index is -0.584. The summed E-state index contributed by atoms with van der Waals surface area (Å²) >= 11 is 13.2. The lowest BCUT2D eigenvalue weighted by Crippen LogP contribution is -2.41. The molecule has 2 aromatic rings. The molecule has 116 valence electrons. The van der Waals surface area contributed by atoms with E-state index < -0.39 is 11.9 Å². The van der Waals surface area contributed by atoms with E-state index in [1.807, 2.05) is 17.5 Å². The number of amides is 3. The maximum Gasteiger partial charge on any atom is 0.321 e. The summed E-state index contributed by atoms with van der Waals surface area (Å²) < 4.78 is 5.22. The van der Waals surface area contributed by atoms with Crippen LogP contribution in [0.2, 0.25) is 10.0 Å². The van der Waals surface area contributed by atoms with Gasteiger partial charge in [0, 0.05) is 16.0 Å². The average Bonchev–Trinajstić information content (AvgIpc) is 2.99. The van der Waals surface area contributed by atoms with Crippen molar-refractivity contribution in [2.24, 2.45) is 0 Å². The van der Waals surface area contributed by atoms with Gasteiger partial charge < -0.3 is 10.1 Å². The van der Waals surface area contributed by atoms with Crippen molar-refractivity contribution >= 4 is 46.5 Å². The summed E-state index contributed by atoms with van der Waals surface area (Å²) in [6.07, 6.45) is 0. The molecule has 2 N–H and O–H groups in total. The van der Waals surface area contributed by atoms with Gasteiger partial charge in [0.2, 0.25) is 0 Å². The number of rotatable bonds is 5. The van der Waals surface area contributed by atoms with E-state index >= 15 is 0 Å². The maximum atomic E-state index is 11.6. The SMILES string of the molecule is O=C(COc1cc(Cl)ccc1Cl)NC(=O)NCc1cccs1. The molecule has 0 aliphatic carbocycles. The van der Waals surface area contributed by atoms with E-state index in [0.29, 0.717) is 16.6 Å². The number of carbonyl (C=O) groups is 2. The van der Waals surface area contributed by atoms with Gasteiger partial charge in [-0.1, -0.05) is 29.3 Å². The summed E-state index contributed by atoms with van der Waals surface area (Å²) in [6.45, 7) is 0.0181. The van der Waals surface area contributed by atoms with Crippen molar-refractivity contribution in [1.29, 1.82) is 0 Å². The molecule has 0 spiro atoms. The van der Waals surface area contributed by atoms with Gasteiger partial charge >= 0.3 is 6.03 Å². The monoisotopic (exact) mass is 358 g/mol. The van der Waals surface area contributed by atoms with Crippen molar-refractivity contribution in [3.8, 4) is 5.75 Å². The van der Waals surface area contributed by atoms with Gasteiger partial charge in [0.1, 0.15) is 5.75 Å². The molecule has 3 amide bonds.